The summed E-state index contributed by atoms with van der Waals surface area (Å²) >= 11 is 6.00. The van der Waals surface area contributed by atoms with Crippen LogP contribution in [-0.4, -0.2) is 18.7 Å². The van der Waals surface area contributed by atoms with Gasteiger partial charge in [0.15, 0.2) is 6.61 Å². The molecule has 0 fully saturated rings. The van der Waals surface area contributed by atoms with Crippen LogP contribution in [0.3, 0.4) is 0 Å². The predicted octanol–water partition coefficient (Wildman–Crippen LogP) is 4.21. The third-order valence-corrected chi connectivity index (χ3v) is 3.75. The smallest absolute Gasteiger partial charge is 0.277 e. The Balaban J connectivity index is 1.76. The fraction of sp³-hybridized carbons (Fsp3) is 0.263. The van der Waals surface area contributed by atoms with Crippen LogP contribution in [0.2, 0.25) is 5.02 Å². The van der Waals surface area contributed by atoms with Gasteiger partial charge in [-0.25, -0.2) is 5.43 Å². The van der Waals surface area contributed by atoms with Gasteiger partial charge in [0.25, 0.3) is 5.91 Å². The van der Waals surface area contributed by atoms with Crippen LogP contribution in [0.4, 0.5) is 0 Å². The number of hydrazone groups is 1. The average Bonchev–Trinajstić information content (AvgIpc) is 2.61. The Bertz CT molecular complexity index is 684. The molecule has 0 spiro atoms. The molecule has 2 aromatic carbocycles. The number of hydrogen-bond acceptors (Lipinski definition) is 3. The van der Waals surface area contributed by atoms with E-state index in [4.69, 9.17) is 16.3 Å². The molecule has 2 aromatic rings. The second-order valence-corrected chi connectivity index (χ2v) is 5.76. The molecule has 0 heterocycles. The average molecular weight is 345 g/mol. The number of nitrogens with zero attached hydrogens (tertiary/aromatic N) is 1. The number of halogens is 1. The molecule has 2 rings (SSSR count). The maximum absolute atomic E-state index is 11.7. The second-order valence-electron chi connectivity index (χ2n) is 5.35. The summed E-state index contributed by atoms with van der Waals surface area (Å²) in [5.74, 6) is 0.342. The summed E-state index contributed by atoms with van der Waals surface area (Å²) in [5.41, 5.74) is 4.43. The maximum atomic E-state index is 11.7. The van der Waals surface area contributed by atoms with E-state index < -0.39 is 0 Å². The van der Waals surface area contributed by atoms with E-state index in [0.29, 0.717) is 10.8 Å². The van der Waals surface area contributed by atoms with Crippen LogP contribution in [-0.2, 0) is 11.2 Å². The Hall–Kier alpha value is -2.33. The summed E-state index contributed by atoms with van der Waals surface area (Å²) in [4.78, 5) is 11.7. The molecule has 0 saturated heterocycles. The number of unbranched alkanes of at least 4 members (excludes halogenated alkanes) is 1. The zero-order chi connectivity index (χ0) is 17.2. The Morgan fingerprint density at radius 1 is 1.21 bits per heavy atom. The number of nitrogens with one attached hydrogen (secondary N) is 1. The summed E-state index contributed by atoms with van der Waals surface area (Å²) in [6, 6.07) is 15.1. The molecule has 24 heavy (non-hydrogen) atoms. The molecule has 0 unspecified atom stereocenters. The highest BCUT2D eigenvalue weighted by Crippen LogP contribution is 2.14. The van der Waals surface area contributed by atoms with Crippen molar-refractivity contribution < 1.29 is 9.53 Å². The van der Waals surface area contributed by atoms with Crippen LogP contribution >= 0.6 is 11.6 Å². The fourth-order valence-corrected chi connectivity index (χ4v) is 2.25. The van der Waals surface area contributed by atoms with Gasteiger partial charge in [-0.3, -0.25) is 4.79 Å². The highest BCUT2D eigenvalue weighted by molar-refractivity contribution is 6.33. The number of hydrogen-bond donors (Lipinski definition) is 1. The van der Waals surface area contributed by atoms with Crippen molar-refractivity contribution in [3.8, 4) is 5.75 Å². The third kappa shape index (κ3) is 6.05. The molecule has 1 N–H and O–H groups in total. The van der Waals surface area contributed by atoms with Crippen LogP contribution in [0.5, 0.6) is 5.75 Å². The van der Waals surface area contributed by atoms with E-state index in [1.807, 2.05) is 42.5 Å². The van der Waals surface area contributed by atoms with Crippen molar-refractivity contribution in [2.24, 2.45) is 5.10 Å². The monoisotopic (exact) mass is 344 g/mol. The zero-order valence-corrected chi connectivity index (χ0v) is 14.4. The normalized spacial score (nSPS) is 10.8. The van der Waals surface area contributed by atoms with Gasteiger partial charge in [-0.1, -0.05) is 55.3 Å². The van der Waals surface area contributed by atoms with Gasteiger partial charge in [0.05, 0.1) is 6.21 Å². The van der Waals surface area contributed by atoms with Crippen molar-refractivity contribution in [1.82, 2.24) is 5.43 Å². The molecule has 0 aromatic heterocycles. The number of benzene rings is 2. The van der Waals surface area contributed by atoms with Crippen molar-refractivity contribution in [1.29, 1.82) is 0 Å². The first-order chi connectivity index (χ1) is 11.7. The first-order valence-corrected chi connectivity index (χ1v) is 8.35. The fourth-order valence-electron chi connectivity index (χ4n) is 2.07. The van der Waals surface area contributed by atoms with Crippen LogP contribution in [0.15, 0.2) is 53.6 Å². The van der Waals surface area contributed by atoms with Gasteiger partial charge >= 0.3 is 0 Å². The molecule has 0 aliphatic rings. The van der Waals surface area contributed by atoms with Gasteiger partial charge in [0.2, 0.25) is 0 Å². The van der Waals surface area contributed by atoms with E-state index >= 15 is 0 Å². The van der Waals surface area contributed by atoms with E-state index in [-0.39, 0.29) is 12.5 Å². The van der Waals surface area contributed by atoms with Gasteiger partial charge in [0, 0.05) is 10.6 Å². The number of aryl methyl sites for hydroxylation is 1. The molecule has 0 saturated carbocycles. The van der Waals surface area contributed by atoms with Gasteiger partial charge in [-0.2, -0.15) is 5.10 Å². The van der Waals surface area contributed by atoms with Crippen LogP contribution in [0, 0.1) is 0 Å². The molecule has 0 aliphatic carbocycles. The Kier molecular flexibility index (Phi) is 7.30. The lowest BCUT2D eigenvalue weighted by atomic mass is 10.1. The van der Waals surface area contributed by atoms with E-state index in [1.165, 1.54) is 24.6 Å². The minimum Gasteiger partial charge on any atom is -0.484 e. The van der Waals surface area contributed by atoms with Gasteiger partial charge < -0.3 is 4.74 Å². The molecular weight excluding hydrogens is 324 g/mol. The van der Waals surface area contributed by atoms with Crippen LogP contribution in [0.25, 0.3) is 0 Å². The molecule has 0 aliphatic heterocycles. The molecule has 0 radical (unpaired) electrons. The number of carbonyl (C=O) groups excluding carboxylic acids is 1. The van der Waals surface area contributed by atoms with E-state index in [2.05, 4.69) is 17.5 Å². The van der Waals surface area contributed by atoms with E-state index in [9.17, 15) is 4.79 Å². The minimum absolute atomic E-state index is 0.0891. The van der Waals surface area contributed by atoms with E-state index in [0.717, 1.165) is 12.0 Å². The lowest BCUT2D eigenvalue weighted by Crippen LogP contribution is -2.24. The number of ether oxygens (including phenoxy) is 1. The maximum Gasteiger partial charge on any atom is 0.277 e. The van der Waals surface area contributed by atoms with Crippen molar-refractivity contribution in [2.75, 3.05) is 6.61 Å². The second kappa shape index (κ2) is 9.73. The highest BCUT2D eigenvalue weighted by Gasteiger charge is 2.02. The number of carbonyl (C=O) groups is 1. The van der Waals surface area contributed by atoms with Gasteiger partial charge in [-0.05, 0) is 36.6 Å². The predicted molar refractivity (Wildman–Crippen MR) is 97.7 cm³/mol. The van der Waals surface area contributed by atoms with Crippen LogP contribution < -0.4 is 10.2 Å². The van der Waals surface area contributed by atoms with Gasteiger partial charge in [-0.15, -0.1) is 0 Å². The summed E-state index contributed by atoms with van der Waals surface area (Å²) in [5, 5.41) is 4.45. The van der Waals surface area contributed by atoms with Crippen molar-refractivity contribution >= 4 is 23.7 Å². The van der Waals surface area contributed by atoms with Crippen molar-refractivity contribution in [3.05, 3.63) is 64.7 Å². The van der Waals surface area contributed by atoms with Gasteiger partial charge in [0.1, 0.15) is 5.75 Å². The Morgan fingerprint density at radius 2 is 1.96 bits per heavy atom. The lowest BCUT2D eigenvalue weighted by molar-refractivity contribution is -0.123. The first kappa shape index (κ1) is 18.0. The molecule has 5 heteroatoms. The zero-order valence-electron chi connectivity index (χ0n) is 13.7. The van der Waals surface area contributed by atoms with Crippen molar-refractivity contribution in [3.63, 3.8) is 0 Å². The standard InChI is InChI=1S/C19H21ClN2O2/c1-2-3-6-15-9-11-17(12-10-15)24-14-19(23)22-21-13-16-7-4-5-8-18(16)20/h4-5,7-13H,2-3,6,14H2,1H3,(H,22,23)/b21-13+. The lowest BCUT2D eigenvalue weighted by Gasteiger charge is -2.06. The first-order valence-electron chi connectivity index (χ1n) is 7.97. The third-order valence-electron chi connectivity index (χ3n) is 3.41. The summed E-state index contributed by atoms with van der Waals surface area (Å²) in [6.07, 6.45) is 4.91. The molecular formula is C19H21ClN2O2. The molecule has 1 amide bonds. The summed E-state index contributed by atoms with van der Waals surface area (Å²) in [7, 11) is 0. The number of amides is 1. The summed E-state index contributed by atoms with van der Waals surface area (Å²) in [6.45, 7) is 2.08. The molecule has 0 atom stereocenters. The molecule has 4 nitrogen and oxygen atoms in total. The Morgan fingerprint density at radius 3 is 2.67 bits per heavy atom. The molecule has 126 valence electrons. The summed E-state index contributed by atoms with van der Waals surface area (Å²) < 4.78 is 5.44. The largest absolute Gasteiger partial charge is 0.484 e. The quantitative estimate of drug-likeness (QED) is 0.576. The Labute approximate surface area is 147 Å². The van der Waals surface area contributed by atoms with Crippen molar-refractivity contribution in [2.45, 2.75) is 26.2 Å². The van der Waals surface area contributed by atoms with Crippen LogP contribution in [0.1, 0.15) is 30.9 Å². The minimum atomic E-state index is -0.326. The molecule has 0 bridgehead atoms. The highest BCUT2D eigenvalue weighted by atomic mass is 35.5. The SMILES string of the molecule is CCCCc1ccc(OCC(=O)N/N=C/c2ccccc2Cl)cc1. The number of rotatable bonds is 8. The topological polar surface area (TPSA) is 50.7 Å². The van der Waals surface area contributed by atoms with E-state index in [1.54, 1.807) is 6.07 Å².